The maximum absolute atomic E-state index is 13.0. The summed E-state index contributed by atoms with van der Waals surface area (Å²) in [4.78, 5) is 49.8. The molecule has 0 fully saturated rings. The summed E-state index contributed by atoms with van der Waals surface area (Å²) in [7, 11) is 0. The van der Waals surface area contributed by atoms with Crippen LogP contribution in [0.25, 0.3) is 0 Å². The lowest BCUT2D eigenvalue weighted by Crippen LogP contribution is -2.40. The molecule has 10 heteroatoms. The third kappa shape index (κ3) is 10.1. The van der Waals surface area contributed by atoms with E-state index in [0.717, 1.165) is 0 Å². The van der Waals surface area contributed by atoms with Crippen molar-refractivity contribution in [2.75, 3.05) is 13.2 Å². The van der Waals surface area contributed by atoms with Gasteiger partial charge in [0.1, 0.15) is 6.04 Å². The van der Waals surface area contributed by atoms with Crippen LogP contribution in [0.1, 0.15) is 93.1 Å². The number of benzene rings is 1. The van der Waals surface area contributed by atoms with Gasteiger partial charge in [-0.3, -0.25) is 14.4 Å². The fourth-order valence-corrected chi connectivity index (χ4v) is 3.43. The van der Waals surface area contributed by atoms with Crippen molar-refractivity contribution in [2.24, 2.45) is 28.4 Å². The zero-order chi connectivity index (χ0) is 30.8. The molecule has 0 saturated heterocycles. The maximum atomic E-state index is 13.0. The summed E-state index contributed by atoms with van der Waals surface area (Å²) in [5.74, 6) is -3.39. The van der Waals surface area contributed by atoms with E-state index < -0.39 is 52.8 Å². The van der Waals surface area contributed by atoms with Crippen LogP contribution in [0.4, 0.5) is 4.79 Å². The molecule has 0 amide bonds. The molecular formula is C30H47NO9. The SMILES string of the molecule is CCC(C)(C)C(=O)Oc1ccc(C(C(C)COC(=O)OCCC(C)C)[C@H](N)C(=O)O)cc1OC(=O)C(C)(C)CC. The van der Waals surface area contributed by atoms with Crippen molar-refractivity contribution < 1.29 is 43.2 Å². The molecule has 0 bridgehead atoms. The van der Waals surface area contributed by atoms with Crippen LogP contribution in [0.2, 0.25) is 0 Å². The number of hydrogen-bond acceptors (Lipinski definition) is 9. The quantitative estimate of drug-likeness (QED) is 0.200. The lowest BCUT2D eigenvalue weighted by Gasteiger charge is -2.28. The maximum Gasteiger partial charge on any atom is 0.508 e. The minimum Gasteiger partial charge on any atom is -0.480 e. The zero-order valence-electron chi connectivity index (χ0n) is 25.4. The van der Waals surface area contributed by atoms with Gasteiger partial charge in [-0.1, -0.05) is 40.7 Å². The number of carboxylic acids is 1. The third-order valence-electron chi connectivity index (χ3n) is 7.30. The molecule has 1 aromatic carbocycles. The molecule has 0 aromatic heterocycles. The Balaban J connectivity index is 3.40. The highest BCUT2D eigenvalue weighted by molar-refractivity contribution is 5.81. The molecular weight excluding hydrogens is 518 g/mol. The van der Waals surface area contributed by atoms with Crippen molar-refractivity contribution in [3.8, 4) is 11.5 Å². The average molecular weight is 566 g/mol. The first-order chi connectivity index (χ1) is 18.5. The van der Waals surface area contributed by atoms with Gasteiger partial charge in [-0.25, -0.2) is 4.79 Å². The van der Waals surface area contributed by atoms with Crippen molar-refractivity contribution in [1.82, 2.24) is 0 Å². The van der Waals surface area contributed by atoms with Gasteiger partial charge in [0, 0.05) is 5.92 Å². The van der Waals surface area contributed by atoms with Crippen LogP contribution in [0, 0.1) is 22.7 Å². The molecule has 0 aliphatic rings. The first kappa shape index (κ1) is 34.9. The predicted octanol–water partition coefficient (Wildman–Crippen LogP) is 5.70. The third-order valence-corrected chi connectivity index (χ3v) is 7.30. The highest BCUT2D eigenvalue weighted by atomic mass is 16.7. The molecule has 0 radical (unpaired) electrons. The van der Waals surface area contributed by atoms with Crippen LogP contribution < -0.4 is 15.2 Å². The standard InChI is InChI=1S/C30H47NO9/c1-10-29(6,7)26(34)39-21-13-12-20(16-22(21)40-27(35)30(8,9)11-2)23(24(31)25(32)33)19(5)17-38-28(36)37-15-14-18(3)4/h12-13,16,18-19,23-24H,10-11,14-15,17,31H2,1-9H3,(H,32,33)/t19?,23?,24-/m0/s1. The van der Waals surface area contributed by atoms with E-state index >= 15 is 0 Å². The Morgan fingerprint density at radius 2 is 1.40 bits per heavy atom. The summed E-state index contributed by atoms with van der Waals surface area (Å²) >= 11 is 0. The molecule has 226 valence electrons. The summed E-state index contributed by atoms with van der Waals surface area (Å²) in [6.07, 6.45) is 0.846. The molecule has 3 N–H and O–H groups in total. The van der Waals surface area contributed by atoms with Gasteiger partial charge in [-0.05, 0) is 76.5 Å². The number of carbonyl (C=O) groups excluding carboxylic acids is 3. The van der Waals surface area contributed by atoms with E-state index in [1.165, 1.54) is 12.1 Å². The lowest BCUT2D eigenvalue weighted by atomic mass is 9.82. The van der Waals surface area contributed by atoms with Crippen LogP contribution in [0.5, 0.6) is 11.5 Å². The van der Waals surface area contributed by atoms with Gasteiger partial charge in [0.15, 0.2) is 11.5 Å². The van der Waals surface area contributed by atoms with Gasteiger partial charge in [-0.15, -0.1) is 0 Å². The van der Waals surface area contributed by atoms with Crippen molar-refractivity contribution in [3.05, 3.63) is 23.8 Å². The van der Waals surface area contributed by atoms with E-state index in [0.29, 0.717) is 30.7 Å². The molecule has 3 atom stereocenters. The Hall–Kier alpha value is -3.14. The van der Waals surface area contributed by atoms with E-state index in [4.69, 9.17) is 24.7 Å². The van der Waals surface area contributed by atoms with Crippen LogP contribution in [0.3, 0.4) is 0 Å². The Kier molecular flexibility index (Phi) is 13.1. The highest BCUT2D eigenvalue weighted by Crippen LogP contribution is 2.38. The Labute approximate surface area is 237 Å². The van der Waals surface area contributed by atoms with E-state index in [1.807, 2.05) is 27.7 Å². The molecule has 2 unspecified atom stereocenters. The fraction of sp³-hybridized carbons (Fsp3) is 0.667. The number of nitrogens with two attached hydrogens (primary N) is 1. The van der Waals surface area contributed by atoms with Gasteiger partial charge < -0.3 is 29.8 Å². The van der Waals surface area contributed by atoms with E-state index in [9.17, 15) is 24.3 Å². The topological polar surface area (TPSA) is 151 Å². The number of rotatable bonds is 15. The van der Waals surface area contributed by atoms with Crippen LogP contribution >= 0.6 is 0 Å². The summed E-state index contributed by atoms with van der Waals surface area (Å²) < 4.78 is 21.7. The Morgan fingerprint density at radius 3 is 1.88 bits per heavy atom. The normalized spacial score (nSPS) is 14.2. The summed E-state index contributed by atoms with van der Waals surface area (Å²) in [5, 5.41) is 9.74. The summed E-state index contributed by atoms with van der Waals surface area (Å²) in [6.45, 7) is 16.4. The largest absolute Gasteiger partial charge is 0.508 e. The molecule has 0 spiro atoms. The average Bonchev–Trinajstić information content (AvgIpc) is 2.88. The van der Waals surface area contributed by atoms with Crippen LogP contribution in [-0.4, -0.2) is 48.4 Å². The van der Waals surface area contributed by atoms with E-state index in [1.54, 1.807) is 40.7 Å². The van der Waals surface area contributed by atoms with Crippen molar-refractivity contribution >= 4 is 24.1 Å². The predicted molar refractivity (Wildman–Crippen MR) is 150 cm³/mol. The summed E-state index contributed by atoms with van der Waals surface area (Å²) in [5.41, 5.74) is 4.88. The Morgan fingerprint density at radius 1 is 0.875 bits per heavy atom. The minimum absolute atomic E-state index is 0.0239. The van der Waals surface area contributed by atoms with Crippen LogP contribution in [-0.2, 0) is 23.9 Å². The number of esters is 2. The Bertz CT molecular complexity index is 1030. The zero-order valence-corrected chi connectivity index (χ0v) is 25.4. The second-order valence-corrected chi connectivity index (χ2v) is 11.9. The summed E-state index contributed by atoms with van der Waals surface area (Å²) in [6, 6.07) is 3.10. The molecule has 1 rings (SSSR count). The van der Waals surface area contributed by atoms with E-state index in [-0.39, 0.29) is 24.7 Å². The van der Waals surface area contributed by atoms with E-state index in [2.05, 4.69) is 0 Å². The van der Waals surface area contributed by atoms with Crippen molar-refractivity contribution in [3.63, 3.8) is 0 Å². The smallest absolute Gasteiger partial charge is 0.480 e. The molecule has 0 aliphatic heterocycles. The lowest BCUT2D eigenvalue weighted by molar-refractivity contribution is -0.147. The van der Waals surface area contributed by atoms with Gasteiger partial charge >= 0.3 is 24.1 Å². The molecule has 1 aromatic rings. The first-order valence-corrected chi connectivity index (χ1v) is 13.8. The molecule has 40 heavy (non-hydrogen) atoms. The minimum atomic E-state index is -1.38. The van der Waals surface area contributed by atoms with Crippen molar-refractivity contribution in [2.45, 2.75) is 93.5 Å². The monoisotopic (exact) mass is 565 g/mol. The molecule has 0 aliphatic carbocycles. The molecule has 0 heterocycles. The second kappa shape index (κ2) is 15.0. The second-order valence-electron chi connectivity index (χ2n) is 11.9. The number of ether oxygens (including phenoxy) is 4. The van der Waals surface area contributed by atoms with Gasteiger partial charge in [0.05, 0.1) is 24.0 Å². The van der Waals surface area contributed by atoms with Gasteiger partial charge in [0.2, 0.25) is 0 Å². The number of carbonyl (C=O) groups is 4. The highest BCUT2D eigenvalue weighted by Gasteiger charge is 2.35. The van der Waals surface area contributed by atoms with Gasteiger partial charge in [0.25, 0.3) is 0 Å². The molecule has 10 nitrogen and oxygen atoms in total. The first-order valence-electron chi connectivity index (χ1n) is 13.8. The van der Waals surface area contributed by atoms with Crippen molar-refractivity contribution in [1.29, 1.82) is 0 Å². The number of hydrogen-bond donors (Lipinski definition) is 2. The number of carboxylic acid groups (broad SMARTS) is 1. The number of aliphatic carboxylic acids is 1. The van der Waals surface area contributed by atoms with Gasteiger partial charge in [-0.2, -0.15) is 0 Å². The van der Waals surface area contributed by atoms with Crippen LogP contribution in [0.15, 0.2) is 18.2 Å². The molecule has 0 saturated carbocycles. The fourth-order valence-electron chi connectivity index (χ4n) is 3.43.